The van der Waals surface area contributed by atoms with Crippen molar-refractivity contribution in [1.29, 1.82) is 0 Å². The van der Waals surface area contributed by atoms with Crippen LogP contribution in [0.3, 0.4) is 0 Å². The van der Waals surface area contributed by atoms with E-state index in [0.717, 1.165) is 16.7 Å². The first kappa shape index (κ1) is 27.5. The molecule has 2 N–H and O–H groups in total. The van der Waals surface area contributed by atoms with Gasteiger partial charge in [0.05, 0.1) is 26.4 Å². The van der Waals surface area contributed by atoms with Gasteiger partial charge in [0.1, 0.15) is 24.1 Å². The largest absolute Gasteiger partial charge is 0.374 e. The Bertz CT molecular complexity index is 1320. The molecule has 5 rings (SSSR count). The van der Waals surface area contributed by atoms with E-state index < -0.39 is 31.5 Å². The third-order valence-corrected chi connectivity index (χ3v) is 9.47. The zero-order chi connectivity index (χ0) is 26.9. The molecule has 1 aliphatic rings. The average Bonchev–Trinajstić information content (AvgIpc) is 2.99. The second-order valence-electron chi connectivity index (χ2n) is 9.59. The van der Waals surface area contributed by atoms with E-state index in [1.165, 1.54) is 0 Å². The highest BCUT2D eigenvalue weighted by Gasteiger charge is 2.53. The zero-order valence-electron chi connectivity index (χ0n) is 21.8. The molecule has 0 spiro atoms. The van der Waals surface area contributed by atoms with Gasteiger partial charge in [0, 0.05) is 5.30 Å². The summed E-state index contributed by atoms with van der Waals surface area (Å²) in [5.74, 6) is -0.922. The van der Waals surface area contributed by atoms with Gasteiger partial charge in [-0.3, -0.25) is 4.57 Å². The van der Waals surface area contributed by atoms with Gasteiger partial charge in [-0.15, -0.1) is 0 Å². The van der Waals surface area contributed by atoms with Crippen molar-refractivity contribution in [2.75, 3.05) is 6.61 Å². The van der Waals surface area contributed by atoms with Crippen LogP contribution >= 0.6 is 7.37 Å². The van der Waals surface area contributed by atoms with Crippen LogP contribution in [0.1, 0.15) is 16.7 Å². The van der Waals surface area contributed by atoms with Gasteiger partial charge in [-0.25, -0.2) is 0 Å². The molecule has 0 radical (unpaired) electrons. The fourth-order valence-electron chi connectivity index (χ4n) is 4.72. The van der Waals surface area contributed by atoms with Crippen LogP contribution in [0, 0.1) is 0 Å². The Labute approximate surface area is 230 Å². The van der Waals surface area contributed by atoms with E-state index in [1.54, 1.807) is 12.1 Å². The van der Waals surface area contributed by atoms with Crippen molar-refractivity contribution in [3.8, 4) is 0 Å². The molecular weight excluding hydrogens is 509 g/mol. The lowest BCUT2D eigenvalue weighted by Gasteiger charge is -2.45. The second-order valence-corrected chi connectivity index (χ2v) is 12.1. The summed E-state index contributed by atoms with van der Waals surface area (Å²) >= 11 is 0. The number of hydrogen-bond acceptors (Lipinski definition) is 6. The third-order valence-electron chi connectivity index (χ3n) is 6.79. The highest BCUT2D eigenvalue weighted by atomic mass is 31.2. The summed E-state index contributed by atoms with van der Waals surface area (Å²) < 4.78 is 39.9. The monoisotopic (exact) mass is 543 g/mol. The molecule has 0 aromatic heterocycles. The summed E-state index contributed by atoms with van der Waals surface area (Å²) in [6.07, 6.45) is -1.96. The Kier molecular flexibility index (Phi) is 9.38. The fourth-order valence-corrected chi connectivity index (χ4v) is 7.14. The summed E-state index contributed by atoms with van der Waals surface area (Å²) in [5, 5.41) is 0.556. The van der Waals surface area contributed by atoms with Crippen LogP contribution in [0.5, 0.6) is 0 Å². The van der Waals surface area contributed by atoms with Crippen LogP contribution < -0.4 is 11.0 Å². The van der Waals surface area contributed by atoms with Crippen molar-refractivity contribution in [1.82, 2.24) is 0 Å². The van der Waals surface area contributed by atoms with E-state index in [4.69, 9.17) is 24.5 Å². The molecule has 1 heterocycles. The molecule has 5 atom stereocenters. The maximum Gasteiger partial charge on any atom is 0.251 e. The maximum atomic E-state index is 14.5. The van der Waals surface area contributed by atoms with E-state index in [1.807, 2.05) is 109 Å². The maximum absolute atomic E-state index is 14.5. The fraction of sp³-hybridized carbons (Fsp3) is 0.250. The molecule has 1 aliphatic heterocycles. The van der Waals surface area contributed by atoms with Crippen LogP contribution in [0.25, 0.3) is 0 Å². The smallest absolute Gasteiger partial charge is 0.251 e. The molecule has 202 valence electrons. The average molecular weight is 544 g/mol. The van der Waals surface area contributed by atoms with E-state index in [-0.39, 0.29) is 6.61 Å². The van der Waals surface area contributed by atoms with Crippen molar-refractivity contribution in [2.45, 2.75) is 43.9 Å². The van der Waals surface area contributed by atoms with Crippen LogP contribution in [-0.2, 0) is 43.1 Å². The van der Waals surface area contributed by atoms with Crippen molar-refractivity contribution >= 4 is 12.7 Å². The Morgan fingerprint density at radius 3 is 1.56 bits per heavy atom. The molecule has 39 heavy (non-hydrogen) atoms. The minimum Gasteiger partial charge on any atom is -0.374 e. The molecule has 0 bridgehead atoms. The third kappa shape index (κ3) is 6.92. The molecular formula is C32H34NO5P. The SMILES string of the molecule is N[C@H]1[C@@H](OCc2ccccc2)[C@H](OCc2ccccc2)[C@@H](COCc2ccccc2)O[P@@]1(=O)c1ccccc1. The number of benzene rings is 4. The number of rotatable bonds is 11. The highest BCUT2D eigenvalue weighted by Crippen LogP contribution is 2.56. The van der Waals surface area contributed by atoms with Crippen LogP contribution in [0.15, 0.2) is 121 Å². The van der Waals surface area contributed by atoms with Crippen molar-refractivity contribution < 1.29 is 23.3 Å². The lowest BCUT2D eigenvalue weighted by molar-refractivity contribution is -0.152. The number of nitrogens with two attached hydrogens (primary N) is 1. The molecule has 0 amide bonds. The predicted molar refractivity (Wildman–Crippen MR) is 153 cm³/mol. The quantitative estimate of drug-likeness (QED) is 0.246. The van der Waals surface area contributed by atoms with Gasteiger partial charge in [0.25, 0.3) is 7.37 Å². The van der Waals surface area contributed by atoms with Gasteiger partial charge >= 0.3 is 0 Å². The summed E-state index contributed by atoms with van der Waals surface area (Å²) in [6, 6.07) is 38.8. The van der Waals surface area contributed by atoms with E-state index >= 15 is 0 Å². The summed E-state index contributed by atoms with van der Waals surface area (Å²) in [4.78, 5) is 0. The molecule has 1 saturated heterocycles. The molecule has 0 aliphatic carbocycles. The van der Waals surface area contributed by atoms with E-state index in [2.05, 4.69) is 0 Å². The first-order valence-electron chi connectivity index (χ1n) is 13.2. The lowest BCUT2D eigenvalue weighted by atomic mass is 10.1. The first-order chi connectivity index (χ1) is 19.1. The van der Waals surface area contributed by atoms with Gasteiger partial charge in [-0.1, -0.05) is 109 Å². The molecule has 4 aromatic rings. The highest BCUT2D eigenvalue weighted by molar-refractivity contribution is 7.67. The minimum atomic E-state index is -3.54. The molecule has 0 unspecified atom stereocenters. The van der Waals surface area contributed by atoms with Crippen LogP contribution in [0.4, 0.5) is 0 Å². The topological polar surface area (TPSA) is 80.0 Å². The van der Waals surface area contributed by atoms with Crippen molar-refractivity contribution in [2.24, 2.45) is 5.73 Å². The summed E-state index contributed by atoms with van der Waals surface area (Å²) in [6.45, 7) is 1.20. The zero-order valence-corrected chi connectivity index (χ0v) is 22.6. The van der Waals surface area contributed by atoms with Gasteiger partial charge in [0.15, 0.2) is 0 Å². The van der Waals surface area contributed by atoms with Crippen LogP contribution in [0.2, 0.25) is 0 Å². The van der Waals surface area contributed by atoms with Crippen molar-refractivity contribution in [3.05, 3.63) is 138 Å². The Morgan fingerprint density at radius 1 is 0.615 bits per heavy atom. The van der Waals surface area contributed by atoms with Crippen molar-refractivity contribution in [3.63, 3.8) is 0 Å². The summed E-state index contributed by atoms with van der Waals surface area (Å²) in [7, 11) is -3.54. The number of hydrogen-bond donors (Lipinski definition) is 1. The Morgan fingerprint density at radius 2 is 1.05 bits per heavy atom. The van der Waals surface area contributed by atoms with Crippen LogP contribution in [-0.4, -0.2) is 30.7 Å². The molecule has 0 saturated carbocycles. The van der Waals surface area contributed by atoms with Gasteiger partial charge in [-0.2, -0.15) is 0 Å². The molecule has 7 heteroatoms. The second kappa shape index (κ2) is 13.3. The number of ether oxygens (including phenoxy) is 3. The summed E-state index contributed by atoms with van der Waals surface area (Å²) in [5.41, 5.74) is 9.80. The Hall–Kier alpha value is -3.09. The van der Waals surface area contributed by atoms with Gasteiger partial charge in [0.2, 0.25) is 0 Å². The Balaban J connectivity index is 1.43. The van der Waals surface area contributed by atoms with E-state index in [9.17, 15) is 4.57 Å². The van der Waals surface area contributed by atoms with Gasteiger partial charge < -0.3 is 24.5 Å². The first-order valence-corrected chi connectivity index (χ1v) is 14.8. The minimum absolute atomic E-state index is 0.170. The molecule has 4 aromatic carbocycles. The molecule has 1 fully saturated rings. The van der Waals surface area contributed by atoms with Gasteiger partial charge in [-0.05, 0) is 28.8 Å². The molecule has 6 nitrogen and oxygen atoms in total. The predicted octanol–water partition coefficient (Wildman–Crippen LogP) is 5.66. The normalized spacial score (nSPS) is 24.8. The lowest BCUT2D eigenvalue weighted by Crippen LogP contribution is -2.58. The standard InChI is InChI=1S/C32H34NO5P/c33-32-31(37-23-27-17-9-3-10-18-27)30(36-22-26-15-7-2-8-16-26)29(24-35-21-25-13-5-1-6-14-25)38-39(32,34)28-19-11-4-12-20-28/h1-20,29-32H,21-24,33H2/t29-,30-,31+,32-,39+/m1/s1. The van der Waals surface area contributed by atoms with E-state index in [0.29, 0.717) is 25.1 Å².